The molecular weight excluding hydrogens is 260 g/mol. The van der Waals surface area contributed by atoms with Crippen molar-refractivity contribution in [2.45, 2.75) is 53.1 Å². The second-order valence-corrected chi connectivity index (χ2v) is 5.82. The molecule has 0 aliphatic carbocycles. The first-order valence-electron chi connectivity index (χ1n) is 7.72. The highest BCUT2D eigenvalue weighted by Gasteiger charge is 2.16. The number of nitrogens with zero attached hydrogens (tertiary/aromatic N) is 3. The van der Waals surface area contributed by atoms with Crippen molar-refractivity contribution >= 4 is 0 Å². The van der Waals surface area contributed by atoms with Crippen LogP contribution >= 0.6 is 0 Å². The minimum absolute atomic E-state index is 0.263. The van der Waals surface area contributed by atoms with Gasteiger partial charge in [0.2, 0.25) is 0 Å². The predicted octanol–water partition coefficient (Wildman–Crippen LogP) is 3.37. The molecular formula is C17H26N4. The molecule has 4 heteroatoms. The van der Waals surface area contributed by atoms with E-state index in [1.165, 1.54) is 5.56 Å². The van der Waals surface area contributed by atoms with Crippen molar-refractivity contribution in [1.82, 2.24) is 20.1 Å². The van der Waals surface area contributed by atoms with Crippen LogP contribution in [-0.4, -0.2) is 21.3 Å². The second kappa shape index (κ2) is 6.85. The SMILES string of the molecule is CCNC(Cc1ccn(C(C)C)n1)c1ccc(C)nc1C. The van der Waals surface area contributed by atoms with Crippen LogP contribution < -0.4 is 5.32 Å². The number of pyridine rings is 1. The van der Waals surface area contributed by atoms with Crippen LogP contribution in [0.1, 0.15) is 55.5 Å². The molecule has 0 saturated heterocycles. The molecule has 0 amide bonds. The molecule has 0 saturated carbocycles. The van der Waals surface area contributed by atoms with E-state index < -0.39 is 0 Å². The Morgan fingerprint density at radius 3 is 2.52 bits per heavy atom. The Labute approximate surface area is 127 Å². The first-order chi connectivity index (χ1) is 10.0. The highest BCUT2D eigenvalue weighted by Crippen LogP contribution is 2.21. The molecule has 4 nitrogen and oxygen atoms in total. The van der Waals surface area contributed by atoms with Crippen molar-refractivity contribution < 1.29 is 0 Å². The van der Waals surface area contributed by atoms with E-state index in [1.807, 2.05) is 11.6 Å². The Morgan fingerprint density at radius 1 is 1.19 bits per heavy atom. The van der Waals surface area contributed by atoms with E-state index in [0.29, 0.717) is 6.04 Å². The molecule has 2 rings (SSSR count). The van der Waals surface area contributed by atoms with Crippen LogP contribution in [0.25, 0.3) is 0 Å². The van der Waals surface area contributed by atoms with Gasteiger partial charge in [-0.2, -0.15) is 5.10 Å². The van der Waals surface area contributed by atoms with Gasteiger partial charge in [-0.05, 0) is 51.9 Å². The number of hydrogen-bond donors (Lipinski definition) is 1. The molecule has 0 aromatic carbocycles. The van der Waals surface area contributed by atoms with Crippen LogP contribution in [0, 0.1) is 13.8 Å². The highest BCUT2D eigenvalue weighted by atomic mass is 15.3. The van der Waals surface area contributed by atoms with E-state index in [4.69, 9.17) is 0 Å². The fraction of sp³-hybridized carbons (Fsp3) is 0.529. The molecule has 0 radical (unpaired) electrons. The normalized spacial score (nSPS) is 12.9. The smallest absolute Gasteiger partial charge is 0.0643 e. The highest BCUT2D eigenvalue weighted by molar-refractivity contribution is 5.26. The molecule has 21 heavy (non-hydrogen) atoms. The van der Waals surface area contributed by atoms with Crippen molar-refractivity contribution in [3.8, 4) is 0 Å². The van der Waals surface area contributed by atoms with Crippen LogP contribution in [0.2, 0.25) is 0 Å². The predicted molar refractivity (Wildman–Crippen MR) is 86.4 cm³/mol. The summed E-state index contributed by atoms with van der Waals surface area (Å²) in [6.07, 6.45) is 2.95. The van der Waals surface area contributed by atoms with Crippen LogP contribution in [-0.2, 0) is 6.42 Å². The van der Waals surface area contributed by atoms with Crippen LogP contribution in [0.15, 0.2) is 24.4 Å². The monoisotopic (exact) mass is 286 g/mol. The summed E-state index contributed by atoms with van der Waals surface area (Å²) in [5, 5.41) is 8.22. The van der Waals surface area contributed by atoms with Gasteiger partial charge in [0, 0.05) is 36.1 Å². The summed E-state index contributed by atoms with van der Waals surface area (Å²) < 4.78 is 2.01. The Morgan fingerprint density at radius 2 is 1.95 bits per heavy atom. The largest absolute Gasteiger partial charge is 0.310 e. The Bertz CT molecular complexity index is 586. The van der Waals surface area contributed by atoms with Crippen molar-refractivity contribution in [3.63, 3.8) is 0 Å². The van der Waals surface area contributed by atoms with Crippen molar-refractivity contribution in [3.05, 3.63) is 47.0 Å². The molecule has 2 aromatic rings. The lowest BCUT2D eigenvalue weighted by Crippen LogP contribution is -2.24. The maximum absolute atomic E-state index is 4.66. The molecule has 0 aliphatic heterocycles. The maximum atomic E-state index is 4.66. The number of nitrogens with one attached hydrogen (secondary N) is 1. The number of hydrogen-bond acceptors (Lipinski definition) is 3. The van der Waals surface area contributed by atoms with Gasteiger partial charge < -0.3 is 5.32 Å². The molecule has 0 spiro atoms. The lowest BCUT2D eigenvalue weighted by Gasteiger charge is -2.19. The van der Waals surface area contributed by atoms with E-state index in [-0.39, 0.29) is 6.04 Å². The lowest BCUT2D eigenvalue weighted by molar-refractivity contribution is 0.505. The maximum Gasteiger partial charge on any atom is 0.0643 e. The summed E-state index contributed by atoms with van der Waals surface area (Å²) in [5.74, 6) is 0. The molecule has 0 aliphatic rings. The standard InChI is InChI=1S/C17H26N4/c1-6-18-17(16-8-7-13(4)19-14(16)5)11-15-9-10-21(20-15)12(2)3/h7-10,12,17-18H,6,11H2,1-5H3. The Kier molecular flexibility index (Phi) is 5.12. The lowest BCUT2D eigenvalue weighted by atomic mass is 10.0. The summed E-state index contributed by atoms with van der Waals surface area (Å²) in [5.41, 5.74) is 4.55. The minimum Gasteiger partial charge on any atom is -0.310 e. The quantitative estimate of drug-likeness (QED) is 0.885. The molecule has 1 atom stereocenters. The van der Waals surface area contributed by atoms with Crippen molar-refractivity contribution in [2.24, 2.45) is 0 Å². The first-order valence-corrected chi connectivity index (χ1v) is 7.72. The molecule has 0 bridgehead atoms. The number of aryl methyl sites for hydroxylation is 2. The van der Waals surface area contributed by atoms with Gasteiger partial charge >= 0.3 is 0 Å². The third-order valence-electron chi connectivity index (χ3n) is 3.70. The minimum atomic E-state index is 0.263. The third-order valence-corrected chi connectivity index (χ3v) is 3.70. The van der Waals surface area contributed by atoms with Gasteiger partial charge in [-0.15, -0.1) is 0 Å². The average Bonchev–Trinajstić information content (AvgIpc) is 2.87. The average molecular weight is 286 g/mol. The van der Waals surface area contributed by atoms with E-state index >= 15 is 0 Å². The molecule has 2 aromatic heterocycles. The zero-order valence-corrected chi connectivity index (χ0v) is 13.7. The van der Waals surface area contributed by atoms with E-state index in [1.54, 1.807) is 0 Å². The Hall–Kier alpha value is -1.68. The summed E-state index contributed by atoms with van der Waals surface area (Å²) in [4.78, 5) is 4.59. The van der Waals surface area contributed by atoms with Gasteiger partial charge in [-0.25, -0.2) is 0 Å². The fourth-order valence-corrected chi connectivity index (χ4v) is 2.59. The van der Waals surface area contributed by atoms with E-state index in [2.05, 4.69) is 67.5 Å². The van der Waals surface area contributed by atoms with Gasteiger partial charge in [-0.3, -0.25) is 9.67 Å². The van der Waals surface area contributed by atoms with Gasteiger partial charge in [0.1, 0.15) is 0 Å². The topological polar surface area (TPSA) is 42.7 Å². The van der Waals surface area contributed by atoms with E-state index in [0.717, 1.165) is 30.0 Å². The summed E-state index contributed by atoms with van der Waals surface area (Å²) in [7, 11) is 0. The molecule has 0 fully saturated rings. The molecule has 114 valence electrons. The summed E-state index contributed by atoms with van der Waals surface area (Å²) >= 11 is 0. The van der Waals surface area contributed by atoms with Crippen LogP contribution in [0.4, 0.5) is 0 Å². The number of likely N-dealkylation sites (N-methyl/N-ethyl adjacent to an activating group) is 1. The zero-order valence-electron chi connectivity index (χ0n) is 13.7. The summed E-state index contributed by atoms with van der Waals surface area (Å²) in [6.45, 7) is 11.5. The molecule has 1 N–H and O–H groups in total. The van der Waals surface area contributed by atoms with E-state index in [9.17, 15) is 0 Å². The first kappa shape index (κ1) is 15.7. The summed E-state index contributed by atoms with van der Waals surface area (Å²) in [6, 6.07) is 7.04. The van der Waals surface area contributed by atoms with Crippen molar-refractivity contribution in [2.75, 3.05) is 6.54 Å². The van der Waals surface area contributed by atoms with Crippen LogP contribution in [0.3, 0.4) is 0 Å². The van der Waals surface area contributed by atoms with Gasteiger partial charge in [0.25, 0.3) is 0 Å². The van der Waals surface area contributed by atoms with Crippen molar-refractivity contribution in [1.29, 1.82) is 0 Å². The number of rotatable bonds is 6. The molecule has 1 unspecified atom stereocenters. The van der Waals surface area contributed by atoms with Gasteiger partial charge in [-0.1, -0.05) is 13.0 Å². The fourth-order valence-electron chi connectivity index (χ4n) is 2.59. The Balaban J connectivity index is 2.21. The number of aromatic nitrogens is 3. The third kappa shape index (κ3) is 3.91. The zero-order chi connectivity index (χ0) is 15.4. The van der Waals surface area contributed by atoms with Gasteiger partial charge in [0.15, 0.2) is 0 Å². The van der Waals surface area contributed by atoms with Gasteiger partial charge in [0.05, 0.1) is 5.69 Å². The molecule has 2 heterocycles. The van der Waals surface area contributed by atoms with Crippen LogP contribution in [0.5, 0.6) is 0 Å². The second-order valence-electron chi connectivity index (χ2n) is 5.82.